The molecule has 8 nitrogen and oxygen atoms in total. The lowest BCUT2D eigenvalue weighted by atomic mass is 9.81. The Morgan fingerprint density at radius 2 is 1.78 bits per heavy atom. The number of nitrogens with one attached hydrogen (secondary N) is 2. The van der Waals surface area contributed by atoms with Crippen molar-refractivity contribution in [2.45, 2.75) is 38.7 Å². The topological polar surface area (TPSA) is 134 Å². The number of hydrogen-bond donors (Lipinski definition) is 4. The fraction of sp³-hybridized carbons (Fsp3) is 0.194. The second-order valence-corrected chi connectivity index (χ2v) is 10.9. The third kappa shape index (κ3) is 4.02. The summed E-state index contributed by atoms with van der Waals surface area (Å²) in [6.45, 7) is 4.95. The van der Waals surface area contributed by atoms with E-state index in [-0.39, 0.29) is 28.6 Å². The molecule has 0 saturated carbocycles. The number of primary amides is 1. The molecule has 2 aromatic heterocycles. The molecule has 0 saturated heterocycles. The van der Waals surface area contributed by atoms with Gasteiger partial charge in [0.1, 0.15) is 11.6 Å². The number of fused-ring (bicyclic) bond motifs is 4. The Morgan fingerprint density at radius 3 is 2.49 bits per heavy atom. The molecule has 10 heteroatoms. The normalized spacial score (nSPS) is 15.5. The monoisotopic (exact) mass is 556 g/mol. The maximum absolute atomic E-state index is 16.1. The zero-order valence-corrected chi connectivity index (χ0v) is 22.4. The number of halogens is 2. The van der Waals surface area contributed by atoms with Crippen molar-refractivity contribution < 1.29 is 18.7 Å². The molecule has 1 aliphatic carbocycles. The van der Waals surface area contributed by atoms with Gasteiger partial charge in [0.2, 0.25) is 5.91 Å². The quantitative estimate of drug-likeness (QED) is 0.259. The van der Waals surface area contributed by atoms with E-state index in [4.69, 9.17) is 5.73 Å². The van der Waals surface area contributed by atoms with Gasteiger partial charge in [-0.25, -0.2) is 18.1 Å². The molecule has 0 spiro atoms. The summed E-state index contributed by atoms with van der Waals surface area (Å²) in [6, 6.07) is 14.0. The summed E-state index contributed by atoms with van der Waals surface area (Å²) in [5, 5.41) is 11.1. The van der Waals surface area contributed by atoms with Crippen LogP contribution in [-0.4, -0.2) is 25.5 Å². The lowest BCUT2D eigenvalue weighted by Gasteiger charge is -2.24. The Labute approximate surface area is 231 Å². The standard InChI is InChI=1S/C31H26F2N4O4/c1-14-16(6-5-9-23(14)37-29(39)18-7-4-8-20(32)26(18)36-30(37)40)24-21(33)13-19(28(34)38)27-25(24)17-11-10-15(31(2,3)41)12-22(17)35-27/h4-12,19,35,41H,13H2,1-3H3,(H2,34,38)(H,36,40). The van der Waals surface area contributed by atoms with Gasteiger partial charge in [-0.2, -0.15) is 0 Å². The number of rotatable bonds is 4. The highest BCUT2D eigenvalue weighted by atomic mass is 19.1. The smallest absolute Gasteiger partial charge is 0.333 e. The Balaban J connectivity index is 1.62. The van der Waals surface area contributed by atoms with E-state index in [0.717, 1.165) is 10.6 Å². The van der Waals surface area contributed by atoms with Crippen LogP contribution < -0.4 is 17.0 Å². The summed E-state index contributed by atoms with van der Waals surface area (Å²) in [5.74, 6) is -2.94. The predicted octanol–water partition coefficient (Wildman–Crippen LogP) is 4.54. The van der Waals surface area contributed by atoms with Crippen LogP contribution in [0.1, 0.15) is 54.1 Å². The summed E-state index contributed by atoms with van der Waals surface area (Å²) >= 11 is 0. The van der Waals surface area contributed by atoms with Crippen molar-refractivity contribution in [3.8, 4) is 5.69 Å². The average molecular weight is 557 g/mol. The fourth-order valence-electron chi connectivity index (χ4n) is 5.73. The molecule has 1 aliphatic rings. The van der Waals surface area contributed by atoms with Crippen LogP contribution in [0.25, 0.3) is 33.1 Å². The highest BCUT2D eigenvalue weighted by Gasteiger charge is 2.35. The number of para-hydroxylation sites is 1. The number of carbonyl (C=O) groups is 1. The molecular formula is C31H26F2N4O4. The van der Waals surface area contributed by atoms with Crippen molar-refractivity contribution >= 4 is 33.3 Å². The summed E-state index contributed by atoms with van der Waals surface area (Å²) in [5.41, 5.74) is 6.11. The lowest BCUT2D eigenvalue weighted by molar-refractivity contribution is -0.119. The van der Waals surface area contributed by atoms with E-state index in [1.807, 2.05) is 0 Å². The van der Waals surface area contributed by atoms with Gasteiger partial charge in [-0.1, -0.05) is 30.3 Å². The van der Waals surface area contributed by atoms with Crippen LogP contribution in [0, 0.1) is 12.7 Å². The molecule has 5 aromatic rings. The van der Waals surface area contributed by atoms with Crippen molar-refractivity contribution in [3.63, 3.8) is 0 Å². The van der Waals surface area contributed by atoms with Crippen LogP contribution in [0.4, 0.5) is 8.78 Å². The zero-order valence-electron chi connectivity index (χ0n) is 22.4. The minimum atomic E-state index is -1.14. The lowest BCUT2D eigenvalue weighted by Crippen LogP contribution is -2.34. The van der Waals surface area contributed by atoms with E-state index in [9.17, 15) is 23.9 Å². The van der Waals surface area contributed by atoms with Crippen LogP contribution in [0.15, 0.2) is 70.0 Å². The van der Waals surface area contributed by atoms with E-state index in [1.54, 1.807) is 57.2 Å². The molecule has 1 amide bonds. The van der Waals surface area contributed by atoms with Crippen molar-refractivity contribution in [2.75, 3.05) is 0 Å². The second-order valence-electron chi connectivity index (χ2n) is 10.9. The summed E-state index contributed by atoms with van der Waals surface area (Å²) < 4.78 is 31.3. The van der Waals surface area contributed by atoms with Crippen LogP contribution >= 0.6 is 0 Å². The van der Waals surface area contributed by atoms with Crippen molar-refractivity contribution in [1.82, 2.24) is 14.5 Å². The van der Waals surface area contributed by atoms with E-state index >= 15 is 4.39 Å². The first kappa shape index (κ1) is 26.4. The number of nitrogens with two attached hydrogens (primary N) is 1. The number of aromatic amines is 2. The molecule has 3 aromatic carbocycles. The van der Waals surface area contributed by atoms with Crippen molar-refractivity contribution in [1.29, 1.82) is 0 Å². The minimum absolute atomic E-state index is 0.0108. The fourth-order valence-corrected chi connectivity index (χ4v) is 5.73. The Morgan fingerprint density at radius 1 is 1.05 bits per heavy atom. The molecule has 208 valence electrons. The highest BCUT2D eigenvalue weighted by Crippen LogP contribution is 2.47. The number of benzene rings is 3. The molecular weight excluding hydrogens is 530 g/mol. The number of allylic oxidation sites excluding steroid dienone is 1. The van der Waals surface area contributed by atoms with E-state index in [0.29, 0.717) is 38.9 Å². The van der Waals surface area contributed by atoms with Crippen LogP contribution in [0.5, 0.6) is 0 Å². The van der Waals surface area contributed by atoms with Crippen LogP contribution in [-0.2, 0) is 10.4 Å². The van der Waals surface area contributed by atoms with Gasteiger partial charge in [-0.05, 0) is 61.7 Å². The van der Waals surface area contributed by atoms with Gasteiger partial charge in [-0.15, -0.1) is 0 Å². The Kier molecular flexibility index (Phi) is 5.86. The first-order chi connectivity index (χ1) is 19.4. The van der Waals surface area contributed by atoms with Gasteiger partial charge in [0.05, 0.1) is 28.1 Å². The number of amides is 1. The molecule has 6 rings (SSSR count). The third-order valence-electron chi connectivity index (χ3n) is 7.83. The van der Waals surface area contributed by atoms with Crippen molar-refractivity contribution in [3.05, 3.63) is 115 Å². The number of carbonyl (C=O) groups excluding carboxylic acids is 1. The van der Waals surface area contributed by atoms with Crippen LogP contribution in [0.2, 0.25) is 0 Å². The number of aliphatic hydroxyl groups is 1. The maximum atomic E-state index is 16.1. The maximum Gasteiger partial charge on any atom is 0.333 e. The largest absolute Gasteiger partial charge is 0.386 e. The Bertz CT molecular complexity index is 2080. The zero-order chi connectivity index (χ0) is 29.4. The number of H-pyrrole nitrogens is 2. The summed E-state index contributed by atoms with van der Waals surface area (Å²) in [6.07, 6.45) is -0.276. The molecule has 1 atom stereocenters. The highest BCUT2D eigenvalue weighted by molar-refractivity contribution is 6.03. The molecule has 5 N–H and O–H groups in total. The molecule has 0 radical (unpaired) electrons. The van der Waals surface area contributed by atoms with E-state index in [1.165, 1.54) is 12.1 Å². The number of aromatic nitrogens is 3. The SMILES string of the molecule is Cc1c(C2=C(F)CC(C(N)=O)c3[nH]c4cc(C(C)(C)O)ccc4c32)cccc1-n1c(=O)[nH]c2c(F)cccc2c1=O. The molecule has 1 unspecified atom stereocenters. The predicted molar refractivity (Wildman–Crippen MR) is 152 cm³/mol. The number of hydrogen-bond acceptors (Lipinski definition) is 4. The van der Waals surface area contributed by atoms with E-state index < -0.39 is 40.3 Å². The summed E-state index contributed by atoms with van der Waals surface area (Å²) in [4.78, 5) is 44.5. The third-order valence-corrected chi connectivity index (χ3v) is 7.83. The van der Waals surface area contributed by atoms with Crippen LogP contribution in [0.3, 0.4) is 0 Å². The van der Waals surface area contributed by atoms with Gasteiger partial charge in [0.25, 0.3) is 5.56 Å². The average Bonchev–Trinajstić information content (AvgIpc) is 3.28. The number of nitrogens with zero attached hydrogens (tertiary/aromatic N) is 1. The first-order valence-electron chi connectivity index (χ1n) is 13.0. The Hall–Kier alpha value is -4.83. The van der Waals surface area contributed by atoms with Gasteiger partial charge < -0.3 is 20.8 Å². The molecule has 0 fully saturated rings. The van der Waals surface area contributed by atoms with Gasteiger partial charge >= 0.3 is 5.69 Å². The molecule has 2 heterocycles. The second kappa shape index (κ2) is 9.10. The van der Waals surface area contributed by atoms with Gasteiger partial charge in [0, 0.05) is 34.2 Å². The molecule has 0 aliphatic heterocycles. The van der Waals surface area contributed by atoms with Gasteiger partial charge in [-0.3, -0.25) is 9.59 Å². The molecule has 0 bridgehead atoms. The molecule has 41 heavy (non-hydrogen) atoms. The first-order valence-corrected chi connectivity index (χ1v) is 13.0. The minimum Gasteiger partial charge on any atom is -0.386 e. The van der Waals surface area contributed by atoms with Crippen molar-refractivity contribution in [2.24, 2.45) is 5.73 Å². The summed E-state index contributed by atoms with van der Waals surface area (Å²) in [7, 11) is 0. The van der Waals surface area contributed by atoms with E-state index in [2.05, 4.69) is 9.97 Å². The van der Waals surface area contributed by atoms with Gasteiger partial charge in [0.15, 0.2) is 0 Å².